The van der Waals surface area contributed by atoms with Crippen molar-refractivity contribution in [3.63, 3.8) is 0 Å². The zero-order valence-electron chi connectivity index (χ0n) is 20.8. The van der Waals surface area contributed by atoms with Gasteiger partial charge in [0.05, 0.1) is 18.1 Å². The minimum absolute atomic E-state index is 0. The third-order valence-corrected chi connectivity index (χ3v) is 6.57. The number of nitrogens with one attached hydrogen (secondary N) is 1. The number of β-amino-alcohol motifs (C(OH)–C–C–N with tert-alkyl or cyclic N) is 1. The second kappa shape index (κ2) is 12.8. The van der Waals surface area contributed by atoms with Crippen molar-refractivity contribution in [3.8, 4) is 11.5 Å². The number of benzene rings is 2. The number of fused-ring (bicyclic) bond motifs is 1. The molecule has 2 heterocycles. The first kappa shape index (κ1) is 27.6. The van der Waals surface area contributed by atoms with E-state index >= 15 is 0 Å². The first-order valence-corrected chi connectivity index (χ1v) is 12.2. The Morgan fingerprint density at radius 2 is 1.72 bits per heavy atom. The summed E-state index contributed by atoms with van der Waals surface area (Å²) in [5.74, 6) is 1.79. The number of halogens is 1. The number of nitrogens with zero attached hydrogens (tertiary/aromatic N) is 3. The van der Waals surface area contributed by atoms with Crippen molar-refractivity contribution in [2.75, 3.05) is 39.9 Å². The van der Waals surface area contributed by atoms with Crippen molar-refractivity contribution in [2.24, 2.45) is 5.92 Å². The molecule has 0 radical (unpaired) electrons. The second-order valence-corrected chi connectivity index (χ2v) is 8.92. The van der Waals surface area contributed by atoms with E-state index in [2.05, 4.69) is 10.2 Å². The fraction of sp³-hybridized carbons (Fsp3) is 0.462. The molecule has 196 valence electrons. The first-order chi connectivity index (χ1) is 17.0. The Hall–Kier alpha value is -3.01. The zero-order valence-corrected chi connectivity index (χ0v) is 21.6. The summed E-state index contributed by atoms with van der Waals surface area (Å²) in [7, 11) is 1.62. The Bertz CT molecular complexity index is 1190. The zero-order chi connectivity index (χ0) is 24.8. The van der Waals surface area contributed by atoms with Gasteiger partial charge in [0.25, 0.3) is 0 Å². The lowest BCUT2D eigenvalue weighted by atomic mass is 9.96. The van der Waals surface area contributed by atoms with Gasteiger partial charge in [-0.25, -0.2) is 14.2 Å². The molecule has 3 aromatic rings. The summed E-state index contributed by atoms with van der Waals surface area (Å²) in [6.07, 6.45) is 1.24. The molecule has 0 bridgehead atoms. The van der Waals surface area contributed by atoms with E-state index in [9.17, 15) is 14.7 Å². The van der Waals surface area contributed by atoms with Crippen LogP contribution in [-0.4, -0.2) is 71.2 Å². The minimum Gasteiger partial charge on any atom is -0.497 e. The van der Waals surface area contributed by atoms with Crippen LogP contribution in [0.25, 0.3) is 11.0 Å². The number of carbonyl (C=O) groups excluding carboxylic acids is 1. The van der Waals surface area contributed by atoms with Crippen molar-refractivity contribution in [1.82, 2.24) is 19.4 Å². The summed E-state index contributed by atoms with van der Waals surface area (Å²) in [5.41, 5.74) is 1.07. The number of methoxy groups -OCH3 is 1. The van der Waals surface area contributed by atoms with Crippen LogP contribution >= 0.6 is 12.4 Å². The largest absolute Gasteiger partial charge is 0.497 e. The number of imidazole rings is 1. The number of ether oxygens (including phenoxy) is 2. The van der Waals surface area contributed by atoms with Crippen LogP contribution in [0.5, 0.6) is 11.5 Å². The highest BCUT2D eigenvalue weighted by Gasteiger charge is 2.23. The molecule has 9 nitrogen and oxygen atoms in total. The molecule has 1 aromatic heterocycles. The van der Waals surface area contributed by atoms with Crippen LogP contribution in [0.1, 0.15) is 19.8 Å². The second-order valence-electron chi connectivity index (χ2n) is 8.92. The molecule has 0 aliphatic carbocycles. The van der Waals surface area contributed by atoms with Gasteiger partial charge in [-0.1, -0.05) is 12.1 Å². The van der Waals surface area contributed by atoms with Crippen molar-refractivity contribution >= 4 is 29.5 Å². The molecule has 1 aliphatic heterocycles. The highest BCUT2D eigenvalue weighted by atomic mass is 35.5. The molecule has 1 fully saturated rings. The molecular weight excluding hydrogens is 484 g/mol. The van der Waals surface area contributed by atoms with Crippen molar-refractivity contribution in [2.45, 2.75) is 32.4 Å². The SMILES string of the molecule is CCn1c(=O)n(C(=O)NCC2CCN(CC(O)COc3ccc(OC)cc3)CC2)c2ccccc21.Cl. The Kier molecular flexibility index (Phi) is 9.81. The van der Waals surface area contributed by atoms with Crippen molar-refractivity contribution in [3.05, 3.63) is 59.0 Å². The number of carbonyl (C=O) groups is 1. The van der Waals surface area contributed by atoms with Crippen LogP contribution in [-0.2, 0) is 6.54 Å². The average Bonchev–Trinajstić information content (AvgIpc) is 3.18. The third-order valence-electron chi connectivity index (χ3n) is 6.57. The quantitative estimate of drug-likeness (QED) is 0.452. The van der Waals surface area contributed by atoms with Gasteiger partial charge in [0.2, 0.25) is 0 Å². The molecule has 1 aliphatic rings. The number of aryl methyl sites for hydroxylation is 1. The van der Waals surface area contributed by atoms with Crippen molar-refractivity contribution < 1.29 is 19.4 Å². The fourth-order valence-corrected chi connectivity index (χ4v) is 4.61. The molecule has 2 aromatic carbocycles. The van der Waals surface area contributed by atoms with Crippen LogP contribution < -0.4 is 20.5 Å². The lowest BCUT2D eigenvalue weighted by molar-refractivity contribution is 0.0552. The van der Waals surface area contributed by atoms with Gasteiger partial charge in [0.15, 0.2) is 0 Å². The summed E-state index contributed by atoms with van der Waals surface area (Å²) >= 11 is 0. The van der Waals surface area contributed by atoms with E-state index < -0.39 is 6.10 Å². The van der Waals surface area contributed by atoms with E-state index in [0.717, 1.165) is 37.2 Å². The van der Waals surface area contributed by atoms with Gasteiger partial charge in [-0.15, -0.1) is 12.4 Å². The van der Waals surface area contributed by atoms with E-state index in [-0.39, 0.29) is 30.7 Å². The Morgan fingerprint density at radius 1 is 1.08 bits per heavy atom. The van der Waals surface area contributed by atoms with E-state index in [4.69, 9.17) is 9.47 Å². The average molecular weight is 519 g/mol. The Labute approximate surface area is 217 Å². The molecule has 0 spiro atoms. The summed E-state index contributed by atoms with van der Waals surface area (Å²) < 4.78 is 13.6. The molecule has 4 rings (SSSR count). The van der Waals surface area contributed by atoms with Gasteiger partial charge in [-0.05, 0) is 75.2 Å². The van der Waals surface area contributed by atoms with E-state index in [1.165, 1.54) is 4.57 Å². The molecule has 1 atom stereocenters. The number of hydrogen-bond donors (Lipinski definition) is 2. The first-order valence-electron chi connectivity index (χ1n) is 12.2. The molecule has 36 heavy (non-hydrogen) atoms. The number of aliphatic hydroxyl groups is 1. The molecule has 10 heteroatoms. The summed E-state index contributed by atoms with van der Waals surface area (Å²) in [6.45, 7) is 5.38. The van der Waals surface area contributed by atoms with Crippen molar-refractivity contribution in [1.29, 1.82) is 0 Å². The lowest BCUT2D eigenvalue weighted by Gasteiger charge is -2.33. The Morgan fingerprint density at radius 3 is 2.36 bits per heavy atom. The van der Waals surface area contributed by atoms with E-state index in [1.807, 2.05) is 49.4 Å². The number of likely N-dealkylation sites (tertiary alicyclic amines) is 1. The molecule has 2 N–H and O–H groups in total. The normalized spacial score (nSPS) is 15.3. The summed E-state index contributed by atoms with van der Waals surface area (Å²) in [6, 6.07) is 14.3. The molecule has 1 unspecified atom stereocenters. The number of hydrogen-bond acceptors (Lipinski definition) is 6. The van der Waals surface area contributed by atoms with Gasteiger partial charge in [0.1, 0.15) is 24.2 Å². The van der Waals surface area contributed by atoms with Crippen LogP contribution in [0.4, 0.5) is 4.79 Å². The lowest BCUT2D eigenvalue weighted by Crippen LogP contribution is -2.44. The molecule has 1 saturated heterocycles. The van der Waals surface area contributed by atoms with Crippen LogP contribution in [0, 0.1) is 5.92 Å². The summed E-state index contributed by atoms with van der Waals surface area (Å²) in [4.78, 5) is 27.8. The van der Waals surface area contributed by atoms with Crippen LogP contribution in [0.3, 0.4) is 0 Å². The number of aromatic nitrogens is 2. The maximum absolute atomic E-state index is 12.9. The van der Waals surface area contributed by atoms with Gasteiger partial charge >= 0.3 is 11.7 Å². The molecular formula is C26H35ClN4O5. The third kappa shape index (κ3) is 6.40. The minimum atomic E-state index is -0.587. The smallest absolute Gasteiger partial charge is 0.337 e. The number of amides is 1. The van der Waals surface area contributed by atoms with Crippen LogP contribution in [0.2, 0.25) is 0 Å². The predicted molar refractivity (Wildman–Crippen MR) is 142 cm³/mol. The number of rotatable bonds is 9. The predicted octanol–water partition coefficient (Wildman–Crippen LogP) is 2.96. The fourth-order valence-electron chi connectivity index (χ4n) is 4.61. The monoisotopic (exact) mass is 518 g/mol. The molecule has 1 amide bonds. The topological polar surface area (TPSA) is 98.0 Å². The molecule has 0 saturated carbocycles. The maximum atomic E-state index is 12.9. The van der Waals surface area contributed by atoms with Crippen LogP contribution in [0.15, 0.2) is 53.3 Å². The number of aliphatic hydroxyl groups excluding tert-OH is 1. The summed E-state index contributed by atoms with van der Waals surface area (Å²) in [5, 5.41) is 13.3. The number of para-hydroxylation sites is 2. The standard InChI is InChI=1S/C26H34N4O5.ClH/c1-3-29-23-6-4-5-7-24(23)30(26(29)33)25(32)27-16-19-12-14-28(15-13-19)17-20(31)18-35-22-10-8-21(34-2)9-11-22;/h4-11,19-20,31H,3,12-18H2,1-2H3,(H,27,32);1H. The number of piperidine rings is 1. The Balaban J connectivity index is 0.00000361. The van der Waals surface area contributed by atoms with Gasteiger partial charge < -0.3 is 24.8 Å². The highest BCUT2D eigenvalue weighted by molar-refractivity contribution is 5.89. The maximum Gasteiger partial charge on any atom is 0.337 e. The van der Waals surface area contributed by atoms with Gasteiger partial charge in [-0.3, -0.25) is 4.57 Å². The van der Waals surface area contributed by atoms with Gasteiger partial charge in [0, 0.05) is 19.6 Å². The van der Waals surface area contributed by atoms with E-state index in [0.29, 0.717) is 36.8 Å². The highest BCUT2D eigenvalue weighted by Crippen LogP contribution is 2.19. The van der Waals surface area contributed by atoms with E-state index in [1.54, 1.807) is 17.7 Å². The van der Waals surface area contributed by atoms with Gasteiger partial charge in [-0.2, -0.15) is 0 Å².